The van der Waals surface area contributed by atoms with Crippen LogP contribution in [-0.4, -0.2) is 20.8 Å². The Hall–Kier alpha value is -0.930. The third kappa shape index (κ3) is 1.78. The normalized spacial score (nSPS) is 20.5. The summed E-state index contributed by atoms with van der Waals surface area (Å²) >= 11 is 0. The van der Waals surface area contributed by atoms with E-state index in [1.54, 1.807) is 14.2 Å². The van der Waals surface area contributed by atoms with Gasteiger partial charge in [0.1, 0.15) is 0 Å². The Morgan fingerprint density at radius 1 is 1.24 bits per heavy atom. The fourth-order valence-electron chi connectivity index (χ4n) is 3.05. The number of ether oxygens (including phenoxy) is 2. The van der Waals surface area contributed by atoms with E-state index < -0.39 is 0 Å². The van der Waals surface area contributed by atoms with E-state index in [0.29, 0.717) is 6.04 Å². The van der Waals surface area contributed by atoms with Gasteiger partial charge in [0.25, 0.3) is 0 Å². The van der Waals surface area contributed by atoms with E-state index in [1.807, 2.05) is 0 Å². The second-order valence-corrected chi connectivity index (χ2v) is 4.46. The van der Waals surface area contributed by atoms with Gasteiger partial charge in [-0.15, -0.1) is 12.4 Å². The smallest absolute Gasteiger partial charge is 0.164 e. The first-order valence-corrected chi connectivity index (χ1v) is 5.85. The van der Waals surface area contributed by atoms with Gasteiger partial charge in [-0.25, -0.2) is 0 Å². The maximum Gasteiger partial charge on any atom is 0.164 e. The Kier molecular flexibility index (Phi) is 3.50. The maximum atomic E-state index is 5.50. The summed E-state index contributed by atoms with van der Waals surface area (Å²) in [5, 5.41) is 3.57. The average molecular weight is 256 g/mol. The number of hydrogen-bond acceptors (Lipinski definition) is 3. The Bertz CT molecular complexity index is 434. The summed E-state index contributed by atoms with van der Waals surface area (Å²) in [4.78, 5) is 0. The van der Waals surface area contributed by atoms with Crippen LogP contribution >= 0.6 is 12.4 Å². The number of nitrogens with one attached hydrogen (secondary N) is 1. The van der Waals surface area contributed by atoms with Crippen LogP contribution in [-0.2, 0) is 12.8 Å². The fraction of sp³-hybridized carbons (Fsp3) is 0.538. The zero-order chi connectivity index (χ0) is 11.1. The van der Waals surface area contributed by atoms with Crippen LogP contribution in [0.2, 0.25) is 0 Å². The molecule has 1 atom stereocenters. The SMILES string of the molecule is COc1cc2c3c(c1OC)CCC3NCC2.Cl. The van der Waals surface area contributed by atoms with E-state index in [4.69, 9.17) is 9.47 Å². The van der Waals surface area contributed by atoms with Gasteiger partial charge in [0.05, 0.1) is 14.2 Å². The van der Waals surface area contributed by atoms with E-state index in [2.05, 4.69) is 11.4 Å². The number of methoxy groups -OCH3 is 2. The van der Waals surface area contributed by atoms with Gasteiger partial charge in [0.2, 0.25) is 0 Å². The summed E-state index contributed by atoms with van der Waals surface area (Å²) in [7, 11) is 3.44. The molecule has 1 unspecified atom stereocenters. The molecule has 0 aromatic heterocycles. The maximum absolute atomic E-state index is 5.50. The molecule has 1 N–H and O–H groups in total. The lowest BCUT2D eigenvalue weighted by molar-refractivity contribution is 0.351. The van der Waals surface area contributed by atoms with Crippen molar-refractivity contribution in [3.05, 3.63) is 22.8 Å². The highest BCUT2D eigenvalue weighted by Crippen LogP contribution is 2.45. The summed E-state index contributed by atoms with van der Waals surface area (Å²) in [5.41, 5.74) is 4.27. The summed E-state index contributed by atoms with van der Waals surface area (Å²) < 4.78 is 10.9. The molecule has 1 aromatic carbocycles. The molecule has 1 aliphatic heterocycles. The molecule has 0 fully saturated rings. The van der Waals surface area contributed by atoms with Crippen LogP contribution in [0.15, 0.2) is 6.07 Å². The van der Waals surface area contributed by atoms with Crippen molar-refractivity contribution in [1.82, 2.24) is 5.32 Å². The van der Waals surface area contributed by atoms with Crippen LogP contribution in [0.3, 0.4) is 0 Å². The topological polar surface area (TPSA) is 30.5 Å². The van der Waals surface area contributed by atoms with Crippen molar-refractivity contribution in [2.24, 2.45) is 0 Å². The number of halogens is 1. The van der Waals surface area contributed by atoms with Crippen molar-refractivity contribution in [3.8, 4) is 11.5 Å². The number of benzene rings is 1. The van der Waals surface area contributed by atoms with Gasteiger partial charge < -0.3 is 14.8 Å². The minimum absolute atomic E-state index is 0. The van der Waals surface area contributed by atoms with E-state index in [0.717, 1.165) is 30.9 Å². The van der Waals surface area contributed by atoms with Crippen molar-refractivity contribution in [2.45, 2.75) is 25.3 Å². The molecule has 0 saturated heterocycles. The zero-order valence-electron chi connectivity index (χ0n) is 10.2. The molecule has 0 amide bonds. The summed E-state index contributed by atoms with van der Waals surface area (Å²) in [6.07, 6.45) is 3.38. The first-order chi connectivity index (χ1) is 7.85. The second kappa shape index (κ2) is 4.75. The van der Waals surface area contributed by atoms with Crippen molar-refractivity contribution in [3.63, 3.8) is 0 Å². The van der Waals surface area contributed by atoms with Gasteiger partial charge in [-0.05, 0) is 43.0 Å². The quantitative estimate of drug-likeness (QED) is 0.879. The van der Waals surface area contributed by atoms with E-state index >= 15 is 0 Å². The fourth-order valence-corrected chi connectivity index (χ4v) is 3.05. The lowest BCUT2D eigenvalue weighted by Gasteiger charge is -2.25. The molecular weight excluding hydrogens is 238 g/mol. The lowest BCUT2D eigenvalue weighted by Crippen LogP contribution is -2.27. The Balaban J connectivity index is 0.00000108. The highest BCUT2D eigenvalue weighted by Gasteiger charge is 2.32. The molecule has 1 aromatic rings. The minimum atomic E-state index is 0. The third-order valence-corrected chi connectivity index (χ3v) is 3.71. The predicted molar refractivity (Wildman–Crippen MR) is 69.6 cm³/mol. The van der Waals surface area contributed by atoms with Crippen LogP contribution in [0.5, 0.6) is 11.5 Å². The van der Waals surface area contributed by atoms with Gasteiger partial charge >= 0.3 is 0 Å². The number of hydrogen-bond donors (Lipinski definition) is 1. The second-order valence-electron chi connectivity index (χ2n) is 4.46. The Morgan fingerprint density at radius 2 is 2.06 bits per heavy atom. The molecule has 0 radical (unpaired) electrons. The lowest BCUT2D eigenvalue weighted by atomic mass is 9.94. The Labute approximate surface area is 108 Å². The van der Waals surface area contributed by atoms with E-state index in [-0.39, 0.29) is 12.4 Å². The molecular formula is C13H18ClNO2. The average Bonchev–Trinajstić information content (AvgIpc) is 2.75. The summed E-state index contributed by atoms with van der Waals surface area (Å²) in [6.45, 7) is 1.08. The Morgan fingerprint density at radius 3 is 2.76 bits per heavy atom. The van der Waals surface area contributed by atoms with Crippen molar-refractivity contribution < 1.29 is 9.47 Å². The molecule has 4 heteroatoms. The molecule has 3 nitrogen and oxygen atoms in total. The first kappa shape index (κ1) is 12.5. The van der Waals surface area contributed by atoms with E-state index in [1.165, 1.54) is 23.1 Å². The van der Waals surface area contributed by atoms with E-state index in [9.17, 15) is 0 Å². The summed E-state index contributed by atoms with van der Waals surface area (Å²) in [5.74, 6) is 1.83. The largest absolute Gasteiger partial charge is 0.493 e. The van der Waals surface area contributed by atoms with Crippen LogP contribution < -0.4 is 14.8 Å². The molecule has 94 valence electrons. The summed E-state index contributed by atoms with van der Waals surface area (Å²) in [6, 6.07) is 2.69. The first-order valence-electron chi connectivity index (χ1n) is 5.85. The molecule has 3 rings (SSSR count). The highest BCUT2D eigenvalue weighted by atomic mass is 35.5. The van der Waals surface area contributed by atoms with Gasteiger partial charge in [-0.1, -0.05) is 0 Å². The van der Waals surface area contributed by atoms with Crippen LogP contribution in [0.1, 0.15) is 29.2 Å². The highest BCUT2D eigenvalue weighted by molar-refractivity contribution is 5.85. The molecule has 0 bridgehead atoms. The third-order valence-electron chi connectivity index (χ3n) is 3.71. The predicted octanol–water partition coefficient (Wildman–Crippen LogP) is 2.26. The van der Waals surface area contributed by atoms with Gasteiger partial charge in [0.15, 0.2) is 11.5 Å². The molecule has 2 aliphatic rings. The van der Waals surface area contributed by atoms with Gasteiger partial charge in [-0.3, -0.25) is 0 Å². The van der Waals surface area contributed by atoms with Crippen LogP contribution in [0, 0.1) is 0 Å². The van der Waals surface area contributed by atoms with Crippen molar-refractivity contribution in [2.75, 3.05) is 20.8 Å². The van der Waals surface area contributed by atoms with Gasteiger partial charge in [-0.2, -0.15) is 0 Å². The number of rotatable bonds is 2. The monoisotopic (exact) mass is 255 g/mol. The molecule has 0 spiro atoms. The molecule has 17 heavy (non-hydrogen) atoms. The van der Waals surface area contributed by atoms with Crippen molar-refractivity contribution in [1.29, 1.82) is 0 Å². The zero-order valence-corrected chi connectivity index (χ0v) is 11.0. The van der Waals surface area contributed by atoms with Crippen LogP contribution in [0.4, 0.5) is 0 Å². The van der Waals surface area contributed by atoms with Crippen molar-refractivity contribution >= 4 is 12.4 Å². The molecule has 1 heterocycles. The molecule has 1 aliphatic carbocycles. The van der Waals surface area contributed by atoms with Gasteiger partial charge in [0, 0.05) is 11.6 Å². The molecule has 0 saturated carbocycles. The standard InChI is InChI=1S/C13H17NO2.ClH/c1-15-11-7-8-5-6-14-10-4-3-9(12(8)10)13(11)16-2;/h7,10,14H,3-6H2,1-2H3;1H. The van der Waals surface area contributed by atoms with Crippen LogP contribution in [0.25, 0.3) is 0 Å². The minimum Gasteiger partial charge on any atom is -0.493 e.